The molecule has 1 fully saturated rings. The van der Waals surface area contributed by atoms with Gasteiger partial charge in [0.25, 0.3) is 5.91 Å². The number of nitrogen functional groups attached to an aromatic ring is 1. The van der Waals surface area contributed by atoms with Crippen molar-refractivity contribution >= 4 is 29.8 Å². The van der Waals surface area contributed by atoms with Crippen LogP contribution in [0, 0.1) is 5.92 Å². The third kappa shape index (κ3) is 3.36. The molecule has 0 radical (unpaired) electrons. The van der Waals surface area contributed by atoms with Crippen LogP contribution in [0.25, 0.3) is 0 Å². The second-order valence-corrected chi connectivity index (χ2v) is 5.32. The lowest BCUT2D eigenvalue weighted by Gasteiger charge is -2.15. The fourth-order valence-electron chi connectivity index (χ4n) is 2.38. The highest BCUT2D eigenvalue weighted by Gasteiger charge is 2.30. The van der Waals surface area contributed by atoms with E-state index >= 15 is 0 Å². The second-order valence-electron chi connectivity index (χ2n) is 5.32. The van der Waals surface area contributed by atoms with Crippen molar-refractivity contribution in [3.8, 4) is 0 Å². The van der Waals surface area contributed by atoms with Gasteiger partial charge in [-0.2, -0.15) is 5.10 Å². The molecule has 0 saturated heterocycles. The monoisotopic (exact) mass is 306 g/mol. The molecule has 0 spiro atoms. The zero-order chi connectivity index (χ0) is 14.1. The van der Waals surface area contributed by atoms with Crippen LogP contribution in [-0.2, 0) is 0 Å². The third-order valence-corrected chi connectivity index (χ3v) is 3.75. The predicted molar refractivity (Wildman–Crippen MR) is 85.7 cm³/mol. The van der Waals surface area contributed by atoms with E-state index in [0.717, 1.165) is 5.82 Å². The number of hydrogen-bond acceptors (Lipinski definition) is 3. The molecule has 1 unspecified atom stereocenters. The highest BCUT2D eigenvalue weighted by Crippen LogP contribution is 2.40. The summed E-state index contributed by atoms with van der Waals surface area (Å²) in [6, 6.07) is 9.09. The van der Waals surface area contributed by atoms with Gasteiger partial charge in [0.1, 0.15) is 5.82 Å². The number of hydrogen-bond donors (Lipinski definition) is 2. The van der Waals surface area contributed by atoms with Gasteiger partial charge < -0.3 is 11.1 Å². The molecule has 1 saturated carbocycles. The Morgan fingerprint density at radius 1 is 1.43 bits per heavy atom. The normalized spacial score (nSPS) is 15.1. The minimum absolute atomic E-state index is 0. The largest absolute Gasteiger partial charge is 0.399 e. The summed E-state index contributed by atoms with van der Waals surface area (Å²) in [7, 11) is 0. The van der Waals surface area contributed by atoms with Crippen LogP contribution in [0.4, 0.5) is 11.5 Å². The number of benzene rings is 1. The zero-order valence-corrected chi connectivity index (χ0v) is 12.6. The number of anilines is 2. The van der Waals surface area contributed by atoms with Crippen molar-refractivity contribution in [2.24, 2.45) is 5.92 Å². The molecule has 21 heavy (non-hydrogen) atoms. The Kier molecular flexibility index (Phi) is 4.53. The number of rotatable bonds is 4. The molecule has 1 aromatic carbocycles. The molecule has 1 heterocycles. The van der Waals surface area contributed by atoms with Crippen molar-refractivity contribution in [2.75, 3.05) is 11.1 Å². The maximum atomic E-state index is 12.2. The molecule has 2 aromatic rings. The van der Waals surface area contributed by atoms with Crippen molar-refractivity contribution in [1.29, 1.82) is 0 Å². The third-order valence-electron chi connectivity index (χ3n) is 3.75. The van der Waals surface area contributed by atoms with Crippen LogP contribution < -0.4 is 11.1 Å². The Hall–Kier alpha value is -2.01. The lowest BCUT2D eigenvalue weighted by atomic mass is 10.2. The van der Waals surface area contributed by atoms with E-state index in [2.05, 4.69) is 17.3 Å². The minimum atomic E-state index is -0.165. The summed E-state index contributed by atoms with van der Waals surface area (Å²) in [6.45, 7) is 2.14. The van der Waals surface area contributed by atoms with Crippen molar-refractivity contribution in [3.05, 3.63) is 42.1 Å². The van der Waals surface area contributed by atoms with Crippen molar-refractivity contribution in [1.82, 2.24) is 9.78 Å². The number of carbonyl (C=O) groups is 1. The van der Waals surface area contributed by atoms with E-state index in [0.29, 0.717) is 23.2 Å². The first-order valence-electron chi connectivity index (χ1n) is 6.85. The van der Waals surface area contributed by atoms with Gasteiger partial charge in [0.05, 0.1) is 12.2 Å². The van der Waals surface area contributed by atoms with E-state index < -0.39 is 0 Å². The van der Waals surface area contributed by atoms with Crippen LogP contribution in [-0.4, -0.2) is 15.7 Å². The number of aromatic nitrogens is 2. The minimum Gasteiger partial charge on any atom is -0.399 e. The number of amides is 1. The Bertz CT molecular complexity index is 636. The SMILES string of the molecule is CC(C1CC1)n1nccc1NC(=O)c1cccc(N)c1.Cl. The lowest BCUT2D eigenvalue weighted by molar-refractivity contribution is 0.102. The van der Waals surface area contributed by atoms with Gasteiger partial charge >= 0.3 is 0 Å². The maximum absolute atomic E-state index is 12.2. The topological polar surface area (TPSA) is 72.9 Å². The summed E-state index contributed by atoms with van der Waals surface area (Å²) in [5.74, 6) is 1.25. The molecule has 3 rings (SSSR count). The molecule has 1 amide bonds. The number of carbonyl (C=O) groups excluding carboxylic acids is 1. The van der Waals surface area contributed by atoms with Gasteiger partial charge in [-0.25, -0.2) is 4.68 Å². The van der Waals surface area contributed by atoms with Gasteiger partial charge in [-0.05, 0) is 43.9 Å². The molecule has 1 atom stereocenters. The Morgan fingerprint density at radius 2 is 2.19 bits per heavy atom. The van der Waals surface area contributed by atoms with E-state index in [1.54, 1.807) is 30.5 Å². The van der Waals surface area contributed by atoms with Crippen LogP contribution >= 0.6 is 12.4 Å². The van der Waals surface area contributed by atoms with Crippen LogP contribution in [0.15, 0.2) is 36.5 Å². The maximum Gasteiger partial charge on any atom is 0.256 e. The summed E-state index contributed by atoms with van der Waals surface area (Å²) in [5.41, 5.74) is 6.83. The standard InChI is InChI=1S/C15H18N4O.ClH/c1-10(11-5-6-11)19-14(7-8-17-19)18-15(20)12-3-2-4-13(16)9-12;/h2-4,7-11H,5-6,16H2,1H3,(H,18,20);1H. The van der Waals surface area contributed by atoms with Gasteiger partial charge in [0.15, 0.2) is 0 Å². The highest BCUT2D eigenvalue weighted by atomic mass is 35.5. The molecule has 6 heteroatoms. The first-order chi connectivity index (χ1) is 9.65. The van der Waals surface area contributed by atoms with Crippen LogP contribution in [0.3, 0.4) is 0 Å². The summed E-state index contributed by atoms with van der Waals surface area (Å²) in [5, 5.41) is 7.22. The first kappa shape index (κ1) is 15.4. The summed E-state index contributed by atoms with van der Waals surface area (Å²) in [4.78, 5) is 12.2. The van der Waals surface area contributed by atoms with Gasteiger partial charge in [-0.1, -0.05) is 6.07 Å². The summed E-state index contributed by atoms with van der Waals surface area (Å²) in [6.07, 6.45) is 4.20. The lowest BCUT2D eigenvalue weighted by Crippen LogP contribution is -2.18. The van der Waals surface area contributed by atoms with Crippen LogP contribution in [0.1, 0.15) is 36.2 Å². The van der Waals surface area contributed by atoms with E-state index in [4.69, 9.17) is 5.73 Å². The van der Waals surface area contributed by atoms with Gasteiger partial charge in [0.2, 0.25) is 0 Å². The summed E-state index contributed by atoms with van der Waals surface area (Å²) >= 11 is 0. The van der Waals surface area contributed by atoms with Crippen molar-refractivity contribution in [2.45, 2.75) is 25.8 Å². The fraction of sp³-hybridized carbons (Fsp3) is 0.333. The van der Waals surface area contributed by atoms with Crippen LogP contribution in [0.5, 0.6) is 0 Å². The van der Waals surface area contributed by atoms with Crippen molar-refractivity contribution in [3.63, 3.8) is 0 Å². The number of nitrogens with two attached hydrogens (primary N) is 1. The van der Waals surface area contributed by atoms with Crippen LogP contribution in [0.2, 0.25) is 0 Å². The van der Waals surface area contributed by atoms with E-state index in [-0.39, 0.29) is 18.3 Å². The molecule has 1 aliphatic rings. The zero-order valence-electron chi connectivity index (χ0n) is 11.8. The van der Waals surface area contributed by atoms with E-state index in [9.17, 15) is 4.79 Å². The number of nitrogens with one attached hydrogen (secondary N) is 1. The second kappa shape index (κ2) is 6.18. The van der Waals surface area contributed by atoms with E-state index in [1.165, 1.54) is 12.8 Å². The molecular weight excluding hydrogens is 288 g/mol. The summed E-state index contributed by atoms with van der Waals surface area (Å²) < 4.78 is 1.89. The fourth-order valence-corrected chi connectivity index (χ4v) is 2.38. The molecule has 0 bridgehead atoms. The average molecular weight is 307 g/mol. The molecular formula is C15H19ClN4O. The molecule has 5 nitrogen and oxygen atoms in total. The molecule has 112 valence electrons. The Labute approximate surface area is 129 Å². The molecule has 1 aromatic heterocycles. The van der Waals surface area contributed by atoms with Gasteiger partial charge in [-0.3, -0.25) is 4.79 Å². The number of nitrogens with zero attached hydrogens (tertiary/aromatic N) is 2. The highest BCUT2D eigenvalue weighted by molar-refractivity contribution is 6.04. The molecule has 0 aliphatic heterocycles. The van der Waals surface area contributed by atoms with Gasteiger partial charge in [0, 0.05) is 17.3 Å². The predicted octanol–water partition coefficient (Wildman–Crippen LogP) is 3.11. The number of halogens is 1. The average Bonchev–Trinajstić information content (AvgIpc) is 3.18. The quantitative estimate of drug-likeness (QED) is 0.852. The molecule has 3 N–H and O–H groups in total. The van der Waals surface area contributed by atoms with Gasteiger partial charge in [-0.15, -0.1) is 12.4 Å². The first-order valence-corrected chi connectivity index (χ1v) is 6.85. The Morgan fingerprint density at radius 3 is 2.86 bits per heavy atom. The molecule has 1 aliphatic carbocycles. The van der Waals surface area contributed by atoms with E-state index in [1.807, 2.05) is 10.7 Å². The smallest absolute Gasteiger partial charge is 0.256 e. The van der Waals surface area contributed by atoms with Crippen molar-refractivity contribution < 1.29 is 4.79 Å². The Balaban J connectivity index is 0.00000161.